The number of benzene rings is 1. The van der Waals surface area contributed by atoms with Crippen molar-refractivity contribution in [2.24, 2.45) is 5.92 Å². The van der Waals surface area contributed by atoms with Gasteiger partial charge in [-0.25, -0.2) is 0 Å². The first-order valence-corrected chi connectivity index (χ1v) is 7.41. The quantitative estimate of drug-likeness (QED) is 0.787. The molecule has 1 fully saturated rings. The summed E-state index contributed by atoms with van der Waals surface area (Å²) in [6.07, 6.45) is 6.08. The molecule has 1 aliphatic carbocycles. The first kappa shape index (κ1) is 13.9. The van der Waals surface area contributed by atoms with E-state index in [1.807, 2.05) is 12.1 Å². The number of ether oxygens (including phenoxy) is 1. The summed E-state index contributed by atoms with van der Waals surface area (Å²) in [7, 11) is 0. The summed E-state index contributed by atoms with van der Waals surface area (Å²) in [5.41, 5.74) is 2.00. The van der Waals surface area contributed by atoms with Gasteiger partial charge in [-0.2, -0.15) is 5.26 Å². The molecule has 0 atom stereocenters. The SMILES string of the molecule is CCCOc1ccc(C2CCC(C)CC2)cc1C#N. The van der Waals surface area contributed by atoms with Gasteiger partial charge in [0.15, 0.2) is 0 Å². The zero-order valence-corrected chi connectivity index (χ0v) is 12.0. The Hall–Kier alpha value is -1.49. The zero-order valence-electron chi connectivity index (χ0n) is 12.0. The maximum atomic E-state index is 9.25. The minimum absolute atomic E-state index is 0.628. The van der Waals surface area contributed by atoms with Crippen molar-refractivity contribution in [1.29, 1.82) is 5.26 Å². The van der Waals surface area contributed by atoms with E-state index in [1.165, 1.54) is 31.2 Å². The number of hydrogen-bond acceptors (Lipinski definition) is 2. The molecule has 2 heteroatoms. The lowest BCUT2D eigenvalue weighted by molar-refractivity contribution is 0.316. The van der Waals surface area contributed by atoms with E-state index < -0.39 is 0 Å². The van der Waals surface area contributed by atoms with E-state index in [9.17, 15) is 5.26 Å². The van der Waals surface area contributed by atoms with Crippen LogP contribution in [0.15, 0.2) is 18.2 Å². The van der Waals surface area contributed by atoms with Crippen molar-refractivity contribution in [2.75, 3.05) is 6.61 Å². The van der Waals surface area contributed by atoms with E-state index in [0.29, 0.717) is 18.1 Å². The summed E-state index contributed by atoms with van der Waals surface area (Å²) >= 11 is 0. The van der Waals surface area contributed by atoms with Gasteiger partial charge in [0.25, 0.3) is 0 Å². The molecule has 1 aromatic rings. The fourth-order valence-corrected chi connectivity index (χ4v) is 2.82. The number of nitriles is 1. The third-order valence-electron chi connectivity index (χ3n) is 4.07. The fraction of sp³-hybridized carbons (Fsp3) is 0.588. The molecule has 19 heavy (non-hydrogen) atoms. The molecule has 102 valence electrons. The van der Waals surface area contributed by atoms with Gasteiger partial charge in [-0.05, 0) is 48.8 Å². The van der Waals surface area contributed by atoms with Crippen LogP contribution in [-0.2, 0) is 0 Å². The maximum Gasteiger partial charge on any atom is 0.137 e. The number of hydrogen-bond donors (Lipinski definition) is 0. The van der Waals surface area contributed by atoms with Crippen LogP contribution in [-0.4, -0.2) is 6.61 Å². The molecule has 0 aliphatic heterocycles. The topological polar surface area (TPSA) is 33.0 Å². The van der Waals surface area contributed by atoms with E-state index in [-0.39, 0.29) is 0 Å². The Labute approximate surface area is 116 Å². The monoisotopic (exact) mass is 257 g/mol. The van der Waals surface area contributed by atoms with E-state index >= 15 is 0 Å². The Bertz CT molecular complexity index is 453. The van der Waals surface area contributed by atoms with Crippen LogP contribution in [0, 0.1) is 17.2 Å². The number of nitrogens with zero attached hydrogens (tertiary/aromatic N) is 1. The Kier molecular flexibility index (Phi) is 4.85. The second kappa shape index (κ2) is 6.61. The molecular formula is C17H23NO. The Balaban J connectivity index is 2.12. The van der Waals surface area contributed by atoms with E-state index in [4.69, 9.17) is 4.74 Å². The van der Waals surface area contributed by atoms with Crippen molar-refractivity contribution in [1.82, 2.24) is 0 Å². The van der Waals surface area contributed by atoms with Crippen LogP contribution in [0.1, 0.15) is 63.0 Å². The second-order valence-corrected chi connectivity index (χ2v) is 5.67. The van der Waals surface area contributed by atoms with Crippen LogP contribution >= 0.6 is 0 Å². The van der Waals surface area contributed by atoms with Gasteiger partial charge in [-0.1, -0.05) is 32.8 Å². The molecule has 0 saturated heterocycles. The largest absolute Gasteiger partial charge is 0.492 e. The first-order valence-electron chi connectivity index (χ1n) is 7.41. The number of rotatable bonds is 4. The highest BCUT2D eigenvalue weighted by molar-refractivity contribution is 5.46. The average Bonchev–Trinajstić information content (AvgIpc) is 2.46. The standard InChI is InChI=1S/C17H23NO/c1-3-10-19-17-9-8-15(11-16(17)12-18)14-6-4-13(2)5-7-14/h8-9,11,13-14H,3-7,10H2,1-2H3. The first-order chi connectivity index (χ1) is 9.24. The van der Waals surface area contributed by atoms with Crippen molar-refractivity contribution in [2.45, 2.75) is 51.9 Å². The molecular weight excluding hydrogens is 234 g/mol. The highest BCUT2D eigenvalue weighted by Gasteiger charge is 2.20. The minimum Gasteiger partial charge on any atom is -0.492 e. The Morgan fingerprint density at radius 2 is 2.00 bits per heavy atom. The van der Waals surface area contributed by atoms with Crippen molar-refractivity contribution >= 4 is 0 Å². The summed E-state index contributed by atoms with van der Waals surface area (Å²) in [5, 5.41) is 9.25. The highest BCUT2D eigenvalue weighted by Crippen LogP contribution is 2.36. The smallest absolute Gasteiger partial charge is 0.137 e. The Morgan fingerprint density at radius 3 is 2.63 bits per heavy atom. The molecule has 1 aromatic carbocycles. The Morgan fingerprint density at radius 1 is 1.26 bits per heavy atom. The van der Waals surface area contributed by atoms with Gasteiger partial charge in [0.2, 0.25) is 0 Å². The lowest BCUT2D eigenvalue weighted by Gasteiger charge is -2.26. The summed E-state index contributed by atoms with van der Waals surface area (Å²) in [6.45, 7) is 5.08. The van der Waals surface area contributed by atoms with Gasteiger partial charge in [0.05, 0.1) is 12.2 Å². The van der Waals surface area contributed by atoms with Gasteiger partial charge < -0.3 is 4.74 Å². The molecule has 0 radical (unpaired) electrons. The molecule has 0 bridgehead atoms. The van der Waals surface area contributed by atoms with Gasteiger partial charge in [0.1, 0.15) is 11.8 Å². The predicted octanol–water partition coefficient (Wildman–Crippen LogP) is 4.64. The molecule has 2 rings (SSSR count). The van der Waals surface area contributed by atoms with E-state index in [2.05, 4.69) is 26.0 Å². The van der Waals surface area contributed by atoms with Crippen molar-refractivity contribution in [3.05, 3.63) is 29.3 Å². The molecule has 0 spiro atoms. The summed E-state index contributed by atoms with van der Waals surface area (Å²) in [4.78, 5) is 0. The highest BCUT2D eigenvalue weighted by atomic mass is 16.5. The fourth-order valence-electron chi connectivity index (χ4n) is 2.82. The molecule has 0 N–H and O–H groups in total. The van der Waals surface area contributed by atoms with Crippen LogP contribution in [0.4, 0.5) is 0 Å². The van der Waals surface area contributed by atoms with Crippen molar-refractivity contribution in [3.8, 4) is 11.8 Å². The predicted molar refractivity (Wildman–Crippen MR) is 77.3 cm³/mol. The van der Waals surface area contributed by atoms with Gasteiger partial charge in [-0.3, -0.25) is 0 Å². The van der Waals surface area contributed by atoms with Crippen LogP contribution in [0.3, 0.4) is 0 Å². The normalized spacial score (nSPS) is 22.8. The van der Waals surface area contributed by atoms with Crippen molar-refractivity contribution < 1.29 is 4.74 Å². The summed E-state index contributed by atoms with van der Waals surface area (Å²) in [6, 6.07) is 8.42. The third kappa shape index (κ3) is 3.50. The molecule has 1 aliphatic rings. The van der Waals surface area contributed by atoms with E-state index in [0.717, 1.165) is 18.1 Å². The lowest BCUT2D eigenvalue weighted by Crippen LogP contribution is -2.11. The summed E-state index contributed by atoms with van der Waals surface area (Å²) < 4.78 is 5.61. The van der Waals surface area contributed by atoms with E-state index in [1.54, 1.807) is 0 Å². The third-order valence-corrected chi connectivity index (χ3v) is 4.07. The van der Waals surface area contributed by atoms with Crippen LogP contribution in [0.2, 0.25) is 0 Å². The van der Waals surface area contributed by atoms with Gasteiger partial charge in [0, 0.05) is 0 Å². The van der Waals surface area contributed by atoms with Crippen LogP contribution in [0.25, 0.3) is 0 Å². The van der Waals surface area contributed by atoms with Crippen LogP contribution in [0.5, 0.6) is 5.75 Å². The molecule has 1 saturated carbocycles. The lowest BCUT2D eigenvalue weighted by atomic mass is 9.79. The minimum atomic E-state index is 0.628. The van der Waals surface area contributed by atoms with Crippen molar-refractivity contribution in [3.63, 3.8) is 0 Å². The van der Waals surface area contributed by atoms with Gasteiger partial charge in [-0.15, -0.1) is 0 Å². The van der Waals surface area contributed by atoms with Gasteiger partial charge >= 0.3 is 0 Å². The molecule has 0 heterocycles. The van der Waals surface area contributed by atoms with Crippen LogP contribution < -0.4 is 4.74 Å². The molecule has 0 amide bonds. The molecule has 0 unspecified atom stereocenters. The maximum absolute atomic E-state index is 9.25. The molecule has 2 nitrogen and oxygen atoms in total. The summed E-state index contributed by atoms with van der Waals surface area (Å²) in [5.74, 6) is 2.22. The average molecular weight is 257 g/mol. The zero-order chi connectivity index (χ0) is 13.7. The molecule has 0 aromatic heterocycles. The second-order valence-electron chi connectivity index (χ2n) is 5.67.